The highest BCUT2D eigenvalue weighted by Gasteiger charge is 2.30. The predicted molar refractivity (Wildman–Crippen MR) is 107 cm³/mol. The Bertz CT molecular complexity index is 823. The van der Waals surface area contributed by atoms with E-state index in [0.717, 1.165) is 36.3 Å². The zero-order chi connectivity index (χ0) is 19.0. The summed E-state index contributed by atoms with van der Waals surface area (Å²) in [6, 6.07) is 5.75. The topological polar surface area (TPSA) is 46.9 Å². The minimum Gasteiger partial charge on any atom is -0.349 e. The molecule has 0 aliphatic heterocycles. The summed E-state index contributed by atoms with van der Waals surface area (Å²) in [6.45, 7) is 8.43. The van der Waals surface area contributed by atoms with E-state index in [2.05, 4.69) is 33.0 Å². The van der Waals surface area contributed by atoms with Crippen LogP contribution in [0, 0.1) is 5.92 Å². The molecule has 1 heterocycles. The number of nitrogens with zero attached hydrogens (tertiary/aromatic N) is 2. The van der Waals surface area contributed by atoms with Crippen LogP contribution in [0.2, 0.25) is 10.0 Å². The Morgan fingerprint density at radius 3 is 2.46 bits per heavy atom. The molecular weight excluding hydrogens is 369 g/mol. The number of carbonyl (C=O) groups is 1. The Kier molecular flexibility index (Phi) is 5.64. The Morgan fingerprint density at radius 2 is 1.92 bits per heavy atom. The maximum absolute atomic E-state index is 13.0. The molecule has 0 spiro atoms. The first-order chi connectivity index (χ1) is 12.3. The van der Waals surface area contributed by atoms with Crippen LogP contribution in [0.1, 0.15) is 68.2 Å². The van der Waals surface area contributed by atoms with Crippen molar-refractivity contribution in [3.05, 3.63) is 45.2 Å². The number of amides is 1. The molecular formula is C20H25Cl2N3O. The third-order valence-electron chi connectivity index (χ3n) is 4.43. The van der Waals surface area contributed by atoms with E-state index in [1.54, 1.807) is 12.1 Å². The number of nitrogens with one attached hydrogen (secondary N) is 1. The number of hydrogen-bond acceptors (Lipinski definition) is 2. The molecule has 1 fully saturated rings. The fraction of sp³-hybridized carbons (Fsp3) is 0.500. The number of rotatable bonds is 6. The summed E-state index contributed by atoms with van der Waals surface area (Å²) in [5, 5.41) is 8.92. The Morgan fingerprint density at radius 1 is 1.23 bits per heavy atom. The second kappa shape index (κ2) is 7.61. The molecule has 140 valence electrons. The maximum atomic E-state index is 13.0. The normalized spacial score (nSPS) is 14.3. The second-order valence-electron chi connectivity index (χ2n) is 7.72. The van der Waals surface area contributed by atoms with Crippen LogP contribution < -0.4 is 5.32 Å². The van der Waals surface area contributed by atoms with Crippen molar-refractivity contribution in [1.29, 1.82) is 0 Å². The summed E-state index contributed by atoms with van der Waals surface area (Å²) < 4.78 is 1.85. The zero-order valence-electron chi connectivity index (χ0n) is 15.6. The summed E-state index contributed by atoms with van der Waals surface area (Å²) in [5.41, 5.74) is 3.29. The first-order valence-electron chi connectivity index (χ1n) is 9.16. The Hall–Kier alpha value is -1.52. The SMILES string of the molecule is CC(C)Cc1nn(-c2ccc(Cl)c(Cl)c2)c(C(C)C)c1C(=O)NC1CC1. The molecule has 4 nitrogen and oxygen atoms in total. The van der Waals surface area contributed by atoms with Crippen molar-refractivity contribution in [3.8, 4) is 5.69 Å². The fourth-order valence-electron chi connectivity index (χ4n) is 3.09. The van der Waals surface area contributed by atoms with E-state index in [1.807, 2.05) is 10.7 Å². The molecule has 1 aliphatic rings. The van der Waals surface area contributed by atoms with Gasteiger partial charge in [0.1, 0.15) is 0 Å². The van der Waals surface area contributed by atoms with Gasteiger partial charge >= 0.3 is 0 Å². The summed E-state index contributed by atoms with van der Waals surface area (Å²) in [4.78, 5) is 13.0. The molecule has 1 N–H and O–H groups in total. The lowest BCUT2D eigenvalue weighted by molar-refractivity contribution is 0.0948. The highest BCUT2D eigenvalue weighted by atomic mass is 35.5. The predicted octanol–water partition coefficient (Wildman–Crippen LogP) is 5.39. The number of hydrogen-bond donors (Lipinski definition) is 1. The summed E-state index contributed by atoms with van der Waals surface area (Å²) in [5.74, 6) is 0.524. The Labute approximate surface area is 164 Å². The number of aromatic nitrogens is 2. The van der Waals surface area contributed by atoms with Crippen LogP contribution in [-0.2, 0) is 6.42 Å². The smallest absolute Gasteiger partial charge is 0.255 e. The summed E-state index contributed by atoms with van der Waals surface area (Å²) >= 11 is 12.3. The van der Waals surface area contributed by atoms with Gasteiger partial charge in [-0.25, -0.2) is 4.68 Å². The van der Waals surface area contributed by atoms with E-state index in [-0.39, 0.29) is 11.8 Å². The van der Waals surface area contributed by atoms with Gasteiger partial charge in [0.15, 0.2) is 0 Å². The van der Waals surface area contributed by atoms with Crippen LogP contribution in [0.4, 0.5) is 0 Å². The van der Waals surface area contributed by atoms with Crippen molar-refractivity contribution in [2.24, 2.45) is 5.92 Å². The molecule has 1 aromatic heterocycles. The van der Waals surface area contributed by atoms with Gasteiger partial charge in [-0.05, 0) is 49.3 Å². The highest BCUT2D eigenvalue weighted by molar-refractivity contribution is 6.42. The highest BCUT2D eigenvalue weighted by Crippen LogP contribution is 2.31. The van der Waals surface area contributed by atoms with Gasteiger partial charge < -0.3 is 5.32 Å². The van der Waals surface area contributed by atoms with Gasteiger partial charge in [-0.1, -0.05) is 50.9 Å². The van der Waals surface area contributed by atoms with E-state index < -0.39 is 0 Å². The molecule has 0 unspecified atom stereocenters. The van der Waals surface area contributed by atoms with Crippen LogP contribution in [0.15, 0.2) is 18.2 Å². The van der Waals surface area contributed by atoms with Crippen molar-refractivity contribution in [3.63, 3.8) is 0 Å². The molecule has 1 amide bonds. The molecule has 6 heteroatoms. The van der Waals surface area contributed by atoms with Gasteiger partial charge in [0.2, 0.25) is 0 Å². The van der Waals surface area contributed by atoms with Crippen LogP contribution in [0.3, 0.4) is 0 Å². The van der Waals surface area contributed by atoms with E-state index in [4.69, 9.17) is 28.3 Å². The lowest BCUT2D eigenvalue weighted by Crippen LogP contribution is -2.27. The largest absolute Gasteiger partial charge is 0.349 e. The minimum absolute atomic E-state index is 0.0156. The Balaban J connectivity index is 2.14. The third kappa shape index (κ3) is 4.07. The van der Waals surface area contributed by atoms with Gasteiger partial charge in [0.25, 0.3) is 5.91 Å². The molecule has 26 heavy (non-hydrogen) atoms. The van der Waals surface area contributed by atoms with Crippen LogP contribution in [0.25, 0.3) is 5.69 Å². The molecule has 0 bridgehead atoms. The van der Waals surface area contributed by atoms with Gasteiger partial charge in [0.05, 0.1) is 32.7 Å². The fourth-order valence-corrected chi connectivity index (χ4v) is 3.38. The van der Waals surface area contributed by atoms with Crippen molar-refractivity contribution in [2.75, 3.05) is 0 Å². The molecule has 3 rings (SSSR count). The van der Waals surface area contributed by atoms with Gasteiger partial charge in [-0.15, -0.1) is 0 Å². The maximum Gasteiger partial charge on any atom is 0.255 e. The van der Waals surface area contributed by atoms with Gasteiger partial charge in [0, 0.05) is 6.04 Å². The first-order valence-corrected chi connectivity index (χ1v) is 9.91. The van der Waals surface area contributed by atoms with Crippen molar-refractivity contribution in [2.45, 2.75) is 58.9 Å². The third-order valence-corrected chi connectivity index (χ3v) is 5.17. The minimum atomic E-state index is -0.0156. The molecule has 1 saturated carbocycles. The number of carbonyl (C=O) groups excluding carboxylic acids is 1. The lowest BCUT2D eigenvalue weighted by Gasteiger charge is -2.13. The lowest BCUT2D eigenvalue weighted by atomic mass is 9.98. The summed E-state index contributed by atoms with van der Waals surface area (Å²) in [7, 11) is 0. The van der Waals surface area contributed by atoms with E-state index in [9.17, 15) is 4.79 Å². The second-order valence-corrected chi connectivity index (χ2v) is 8.53. The number of benzene rings is 1. The van der Waals surface area contributed by atoms with E-state index in [1.165, 1.54) is 0 Å². The molecule has 0 radical (unpaired) electrons. The molecule has 1 aromatic carbocycles. The first kappa shape index (κ1) is 19.2. The van der Waals surface area contributed by atoms with Crippen molar-refractivity contribution >= 4 is 29.1 Å². The van der Waals surface area contributed by atoms with Crippen LogP contribution in [0.5, 0.6) is 0 Å². The van der Waals surface area contributed by atoms with Crippen molar-refractivity contribution in [1.82, 2.24) is 15.1 Å². The monoisotopic (exact) mass is 393 g/mol. The van der Waals surface area contributed by atoms with E-state index >= 15 is 0 Å². The average molecular weight is 394 g/mol. The number of halogens is 2. The van der Waals surface area contributed by atoms with Gasteiger partial charge in [-0.3, -0.25) is 4.79 Å². The molecule has 2 aromatic rings. The molecule has 0 atom stereocenters. The molecule has 0 saturated heterocycles. The standard InChI is InChI=1S/C20H25Cl2N3O/c1-11(2)9-17-18(20(26)23-13-5-6-13)19(12(3)4)25(24-17)14-7-8-15(21)16(22)10-14/h7-8,10-13H,5-6,9H2,1-4H3,(H,23,26). The molecule has 1 aliphatic carbocycles. The quantitative estimate of drug-likeness (QED) is 0.714. The zero-order valence-corrected chi connectivity index (χ0v) is 17.2. The van der Waals surface area contributed by atoms with Crippen LogP contribution in [-0.4, -0.2) is 21.7 Å². The van der Waals surface area contributed by atoms with Crippen LogP contribution >= 0.6 is 23.2 Å². The van der Waals surface area contributed by atoms with E-state index in [0.29, 0.717) is 27.6 Å². The van der Waals surface area contributed by atoms with Crippen molar-refractivity contribution < 1.29 is 4.79 Å². The average Bonchev–Trinajstić information content (AvgIpc) is 3.27. The summed E-state index contributed by atoms with van der Waals surface area (Å²) in [6.07, 6.45) is 2.87. The van der Waals surface area contributed by atoms with Gasteiger partial charge in [-0.2, -0.15) is 5.10 Å².